The van der Waals surface area contributed by atoms with Crippen LogP contribution in [-0.4, -0.2) is 68.5 Å². The van der Waals surface area contributed by atoms with E-state index in [9.17, 15) is 13.2 Å². The van der Waals surface area contributed by atoms with E-state index in [-0.39, 0.29) is 17.9 Å². The Morgan fingerprint density at radius 2 is 2.10 bits per heavy atom. The van der Waals surface area contributed by atoms with Gasteiger partial charge in [0.2, 0.25) is 0 Å². The molecule has 0 saturated heterocycles. The predicted molar refractivity (Wildman–Crippen MR) is 82.4 cm³/mol. The highest BCUT2D eigenvalue weighted by Gasteiger charge is 2.25. The first-order valence-corrected chi connectivity index (χ1v) is 8.98. The maximum Gasteiger partial charge on any atom is 0.410 e. The number of nitrogens with one attached hydrogen (secondary N) is 1. The SMILES string of the molecule is CC(CS(C)(=O)=O)NC1=NCCN(C(=O)OC(C)(C)C)C1. The molecule has 0 fully saturated rings. The van der Waals surface area contributed by atoms with Crippen molar-refractivity contribution in [1.29, 1.82) is 0 Å². The molecular weight excluding hydrogens is 294 g/mol. The van der Waals surface area contributed by atoms with Crippen LogP contribution in [0.3, 0.4) is 0 Å². The lowest BCUT2D eigenvalue weighted by molar-refractivity contribution is 0.0276. The molecule has 0 bridgehead atoms. The zero-order chi connectivity index (χ0) is 16.3. The van der Waals surface area contributed by atoms with Crippen LogP contribution in [0, 0.1) is 0 Å². The van der Waals surface area contributed by atoms with Gasteiger partial charge in [-0.05, 0) is 27.7 Å². The van der Waals surface area contributed by atoms with Gasteiger partial charge in [-0.1, -0.05) is 0 Å². The quantitative estimate of drug-likeness (QED) is 0.825. The maximum absolute atomic E-state index is 12.0. The van der Waals surface area contributed by atoms with Crippen molar-refractivity contribution in [2.24, 2.45) is 4.99 Å². The molecule has 1 aliphatic rings. The number of hydrogen-bond acceptors (Lipinski definition) is 6. The fourth-order valence-electron chi connectivity index (χ4n) is 1.97. The smallest absolute Gasteiger partial charge is 0.410 e. The molecular formula is C13H25N3O4S. The van der Waals surface area contributed by atoms with E-state index in [1.165, 1.54) is 6.26 Å². The fourth-order valence-corrected chi connectivity index (χ4v) is 2.96. The average molecular weight is 319 g/mol. The van der Waals surface area contributed by atoms with E-state index in [0.29, 0.717) is 25.5 Å². The highest BCUT2D eigenvalue weighted by atomic mass is 32.2. The van der Waals surface area contributed by atoms with Crippen LogP contribution >= 0.6 is 0 Å². The van der Waals surface area contributed by atoms with Crippen molar-refractivity contribution in [3.63, 3.8) is 0 Å². The van der Waals surface area contributed by atoms with Crippen molar-refractivity contribution in [2.45, 2.75) is 39.3 Å². The number of nitrogens with zero attached hydrogens (tertiary/aromatic N) is 2. The van der Waals surface area contributed by atoms with Crippen LogP contribution in [0.4, 0.5) is 4.79 Å². The molecule has 8 heteroatoms. The van der Waals surface area contributed by atoms with Gasteiger partial charge in [0, 0.05) is 18.8 Å². The normalized spacial score (nSPS) is 18.0. The molecule has 0 saturated carbocycles. The number of hydrogen-bond donors (Lipinski definition) is 1. The number of rotatable bonds is 3. The summed E-state index contributed by atoms with van der Waals surface area (Å²) in [5.74, 6) is 0.640. The molecule has 0 aromatic rings. The fraction of sp³-hybridized carbons (Fsp3) is 0.846. The number of sulfone groups is 1. The Morgan fingerprint density at radius 1 is 1.48 bits per heavy atom. The third-order valence-corrected chi connectivity index (χ3v) is 3.74. The van der Waals surface area contributed by atoms with Gasteiger partial charge in [0.15, 0.2) is 0 Å². The van der Waals surface area contributed by atoms with E-state index >= 15 is 0 Å². The lowest BCUT2D eigenvalue weighted by Gasteiger charge is -2.30. The Labute approximate surface area is 126 Å². The van der Waals surface area contributed by atoms with E-state index in [2.05, 4.69) is 10.3 Å². The van der Waals surface area contributed by atoms with Crippen molar-refractivity contribution in [3.05, 3.63) is 0 Å². The van der Waals surface area contributed by atoms with Gasteiger partial charge in [0.05, 0.1) is 18.8 Å². The molecule has 21 heavy (non-hydrogen) atoms. The van der Waals surface area contributed by atoms with E-state index < -0.39 is 15.4 Å². The number of carbonyl (C=O) groups is 1. The van der Waals surface area contributed by atoms with E-state index in [1.54, 1.807) is 11.8 Å². The molecule has 1 amide bonds. The summed E-state index contributed by atoms with van der Waals surface area (Å²) >= 11 is 0. The molecule has 7 nitrogen and oxygen atoms in total. The Bertz CT molecular complexity index is 508. The van der Waals surface area contributed by atoms with Gasteiger partial charge >= 0.3 is 6.09 Å². The van der Waals surface area contributed by atoms with Crippen LogP contribution in [0.2, 0.25) is 0 Å². The number of amidine groups is 1. The summed E-state index contributed by atoms with van der Waals surface area (Å²) in [5.41, 5.74) is -0.539. The lowest BCUT2D eigenvalue weighted by Crippen LogP contribution is -2.49. The van der Waals surface area contributed by atoms with Crippen molar-refractivity contribution in [1.82, 2.24) is 10.2 Å². The van der Waals surface area contributed by atoms with Crippen LogP contribution < -0.4 is 5.32 Å². The molecule has 1 heterocycles. The molecule has 0 spiro atoms. The topological polar surface area (TPSA) is 88.1 Å². The van der Waals surface area contributed by atoms with Crippen LogP contribution in [0.1, 0.15) is 27.7 Å². The minimum Gasteiger partial charge on any atom is -0.444 e. The zero-order valence-electron chi connectivity index (χ0n) is 13.3. The largest absolute Gasteiger partial charge is 0.444 e. The second-order valence-electron chi connectivity index (χ2n) is 6.37. The number of aliphatic imine (C=N–C) groups is 1. The summed E-state index contributed by atoms with van der Waals surface area (Å²) in [6.45, 7) is 8.51. The van der Waals surface area contributed by atoms with Gasteiger partial charge < -0.3 is 10.1 Å². The van der Waals surface area contributed by atoms with Crippen LogP contribution in [0.25, 0.3) is 0 Å². The van der Waals surface area contributed by atoms with Crippen molar-refractivity contribution in [3.8, 4) is 0 Å². The van der Waals surface area contributed by atoms with Crippen molar-refractivity contribution in [2.75, 3.05) is 31.6 Å². The predicted octanol–water partition coefficient (Wildman–Crippen LogP) is 0.658. The van der Waals surface area contributed by atoms with Gasteiger partial charge in [-0.15, -0.1) is 0 Å². The van der Waals surface area contributed by atoms with Gasteiger partial charge in [-0.3, -0.25) is 9.89 Å². The zero-order valence-corrected chi connectivity index (χ0v) is 14.2. The standard InChI is InChI=1S/C13H25N3O4S/c1-10(9-21(5,18)19)15-11-8-16(7-6-14-11)12(17)20-13(2,3)4/h10H,6-9H2,1-5H3,(H,14,15). The average Bonchev–Trinajstić information content (AvgIpc) is 2.24. The van der Waals surface area contributed by atoms with Crippen LogP contribution in [-0.2, 0) is 14.6 Å². The number of ether oxygens (including phenoxy) is 1. The minimum atomic E-state index is -3.05. The Balaban J connectivity index is 2.56. The van der Waals surface area contributed by atoms with Crippen LogP contribution in [0.5, 0.6) is 0 Å². The van der Waals surface area contributed by atoms with Gasteiger partial charge in [-0.25, -0.2) is 13.2 Å². The van der Waals surface area contributed by atoms with Gasteiger partial charge in [-0.2, -0.15) is 0 Å². The summed E-state index contributed by atoms with van der Waals surface area (Å²) in [7, 11) is -3.05. The summed E-state index contributed by atoms with van der Waals surface area (Å²) in [4.78, 5) is 17.9. The van der Waals surface area contributed by atoms with Crippen LogP contribution in [0.15, 0.2) is 4.99 Å². The van der Waals surface area contributed by atoms with Gasteiger partial charge in [0.1, 0.15) is 21.3 Å². The molecule has 0 aromatic heterocycles. The van der Waals surface area contributed by atoms with E-state index in [0.717, 1.165) is 0 Å². The molecule has 1 atom stereocenters. The number of carbonyl (C=O) groups excluding carboxylic acids is 1. The molecule has 1 unspecified atom stereocenters. The highest BCUT2D eigenvalue weighted by Crippen LogP contribution is 2.11. The van der Waals surface area contributed by atoms with E-state index in [4.69, 9.17) is 4.74 Å². The second kappa shape index (κ2) is 6.64. The van der Waals surface area contributed by atoms with Gasteiger partial charge in [0.25, 0.3) is 0 Å². The Hall–Kier alpha value is -1.31. The summed E-state index contributed by atoms with van der Waals surface area (Å²) in [6, 6.07) is -0.252. The summed E-state index contributed by atoms with van der Waals surface area (Å²) in [5, 5.41) is 3.04. The molecule has 122 valence electrons. The lowest BCUT2D eigenvalue weighted by atomic mass is 10.2. The molecule has 1 aliphatic heterocycles. The molecule has 1 N–H and O–H groups in total. The first-order valence-electron chi connectivity index (χ1n) is 6.92. The monoisotopic (exact) mass is 319 g/mol. The third kappa shape index (κ3) is 7.31. The van der Waals surface area contributed by atoms with E-state index in [1.807, 2.05) is 20.8 Å². The first kappa shape index (κ1) is 17.7. The molecule has 0 aliphatic carbocycles. The molecule has 0 aromatic carbocycles. The Morgan fingerprint density at radius 3 is 2.62 bits per heavy atom. The second-order valence-corrected chi connectivity index (χ2v) is 8.55. The number of amides is 1. The minimum absolute atomic E-state index is 0.0262. The highest BCUT2D eigenvalue weighted by molar-refractivity contribution is 7.90. The summed E-state index contributed by atoms with van der Waals surface area (Å²) < 4.78 is 27.8. The molecule has 1 rings (SSSR count). The summed E-state index contributed by atoms with van der Waals surface area (Å²) in [6.07, 6.45) is 0.813. The first-order chi connectivity index (χ1) is 9.46. The van der Waals surface area contributed by atoms with Crippen molar-refractivity contribution < 1.29 is 17.9 Å². The molecule has 0 radical (unpaired) electrons. The third-order valence-electron chi connectivity index (χ3n) is 2.63. The van der Waals surface area contributed by atoms with Crippen molar-refractivity contribution >= 4 is 21.8 Å². The maximum atomic E-state index is 12.0. The Kier molecular flexibility index (Phi) is 5.61.